The van der Waals surface area contributed by atoms with E-state index in [1.54, 1.807) is 18.2 Å². The number of carbonyl (C=O) groups is 1. The van der Waals surface area contributed by atoms with Crippen molar-refractivity contribution in [2.24, 2.45) is 0 Å². The van der Waals surface area contributed by atoms with Crippen LogP contribution in [-0.4, -0.2) is 23.7 Å². The fourth-order valence-electron chi connectivity index (χ4n) is 1.31. The van der Waals surface area contributed by atoms with Gasteiger partial charge >= 0.3 is 0 Å². The Balaban J connectivity index is 2.72. The molecule has 3 N–H and O–H groups in total. The van der Waals surface area contributed by atoms with E-state index in [0.717, 1.165) is 0 Å². The summed E-state index contributed by atoms with van der Waals surface area (Å²) in [6.07, 6.45) is 0.270. The van der Waals surface area contributed by atoms with Crippen LogP contribution in [0.4, 0.5) is 11.4 Å². The maximum Gasteiger partial charge on any atom is 0.221 e. The van der Waals surface area contributed by atoms with Crippen molar-refractivity contribution >= 4 is 28.9 Å². The van der Waals surface area contributed by atoms with Gasteiger partial charge in [0.1, 0.15) is 0 Å². The van der Waals surface area contributed by atoms with Crippen LogP contribution in [0.15, 0.2) is 18.2 Å². The topological polar surface area (TPSA) is 61.4 Å². The fraction of sp³-hybridized carbons (Fsp3) is 0.417. The number of aliphatic hydroxyl groups is 1. The van der Waals surface area contributed by atoms with Gasteiger partial charge in [-0.15, -0.1) is 0 Å². The molecule has 5 heteroatoms. The van der Waals surface area contributed by atoms with Crippen LogP contribution in [0.1, 0.15) is 20.3 Å². The van der Waals surface area contributed by atoms with E-state index >= 15 is 0 Å². The molecule has 0 aliphatic carbocycles. The summed E-state index contributed by atoms with van der Waals surface area (Å²) in [7, 11) is 0. The number of hydrogen-bond acceptors (Lipinski definition) is 3. The summed E-state index contributed by atoms with van der Waals surface area (Å²) in [4.78, 5) is 10.9. The Hall–Kier alpha value is -1.26. The van der Waals surface area contributed by atoms with Gasteiger partial charge in [0.25, 0.3) is 0 Å². The van der Waals surface area contributed by atoms with E-state index in [2.05, 4.69) is 10.6 Å². The maximum absolute atomic E-state index is 10.9. The number of nitrogens with one attached hydrogen (secondary N) is 2. The van der Waals surface area contributed by atoms with Crippen molar-refractivity contribution in [3.05, 3.63) is 23.2 Å². The van der Waals surface area contributed by atoms with Gasteiger partial charge in [-0.3, -0.25) is 4.79 Å². The molecule has 0 spiro atoms. The van der Waals surface area contributed by atoms with E-state index in [1.807, 2.05) is 6.92 Å². The molecule has 1 unspecified atom stereocenters. The number of hydrogen-bond donors (Lipinski definition) is 3. The Labute approximate surface area is 106 Å². The van der Waals surface area contributed by atoms with E-state index < -0.39 is 6.10 Å². The Morgan fingerprint density at radius 2 is 2.24 bits per heavy atom. The number of benzene rings is 1. The molecule has 0 bridgehead atoms. The smallest absolute Gasteiger partial charge is 0.221 e. The van der Waals surface area contributed by atoms with Crippen molar-refractivity contribution in [3.63, 3.8) is 0 Å². The van der Waals surface area contributed by atoms with Crippen LogP contribution >= 0.6 is 11.6 Å². The van der Waals surface area contributed by atoms with Crippen molar-refractivity contribution in [1.29, 1.82) is 0 Å². The van der Waals surface area contributed by atoms with Crippen molar-refractivity contribution in [1.82, 2.24) is 0 Å². The molecule has 1 aromatic carbocycles. The highest BCUT2D eigenvalue weighted by Crippen LogP contribution is 2.25. The molecule has 0 saturated carbocycles. The van der Waals surface area contributed by atoms with Crippen molar-refractivity contribution in [2.75, 3.05) is 17.2 Å². The molecule has 4 nitrogen and oxygen atoms in total. The largest absolute Gasteiger partial charge is 0.391 e. The molecule has 0 saturated heterocycles. The van der Waals surface area contributed by atoms with E-state index in [-0.39, 0.29) is 5.91 Å². The summed E-state index contributed by atoms with van der Waals surface area (Å²) in [5.41, 5.74) is 1.38. The van der Waals surface area contributed by atoms with Gasteiger partial charge < -0.3 is 15.7 Å². The molecule has 17 heavy (non-hydrogen) atoms. The summed E-state index contributed by atoms with van der Waals surface area (Å²) in [6.45, 7) is 3.78. The van der Waals surface area contributed by atoms with Crippen LogP contribution < -0.4 is 10.6 Å². The van der Waals surface area contributed by atoms with Gasteiger partial charge in [-0.05, 0) is 24.6 Å². The first-order chi connectivity index (χ1) is 8.02. The molecule has 0 aliphatic heterocycles. The highest BCUT2D eigenvalue weighted by molar-refractivity contribution is 6.33. The van der Waals surface area contributed by atoms with Crippen molar-refractivity contribution in [3.8, 4) is 0 Å². The Bertz CT molecular complexity index is 396. The molecule has 1 amide bonds. The third-order valence-electron chi connectivity index (χ3n) is 2.29. The van der Waals surface area contributed by atoms with Gasteiger partial charge in [0.2, 0.25) is 5.91 Å². The molecule has 0 heterocycles. The van der Waals surface area contributed by atoms with Gasteiger partial charge in [-0.2, -0.15) is 0 Å². The average Bonchev–Trinajstić information content (AvgIpc) is 2.28. The monoisotopic (exact) mass is 256 g/mol. The zero-order valence-corrected chi connectivity index (χ0v) is 10.7. The van der Waals surface area contributed by atoms with Crippen LogP contribution in [0.25, 0.3) is 0 Å². The van der Waals surface area contributed by atoms with Gasteiger partial charge in [0.15, 0.2) is 0 Å². The van der Waals surface area contributed by atoms with Crippen molar-refractivity contribution in [2.45, 2.75) is 26.4 Å². The van der Waals surface area contributed by atoms with Gasteiger partial charge in [0, 0.05) is 19.2 Å². The Morgan fingerprint density at radius 1 is 1.53 bits per heavy atom. The number of carbonyl (C=O) groups excluding carboxylic acids is 1. The summed E-state index contributed by atoms with van der Waals surface area (Å²) in [5.74, 6) is -0.133. The molecule has 0 fully saturated rings. The zero-order valence-electron chi connectivity index (χ0n) is 9.96. The first-order valence-electron chi connectivity index (χ1n) is 5.52. The SMILES string of the molecule is CCC(O)CNc1cc(NC(C)=O)ccc1Cl. The molecule has 94 valence electrons. The van der Waals surface area contributed by atoms with Gasteiger partial charge in [0.05, 0.1) is 16.8 Å². The highest BCUT2D eigenvalue weighted by Gasteiger charge is 2.05. The normalized spacial score (nSPS) is 12.0. The predicted octanol–water partition coefficient (Wildman–Crippen LogP) is 2.48. The maximum atomic E-state index is 10.9. The lowest BCUT2D eigenvalue weighted by Gasteiger charge is -2.13. The lowest BCUT2D eigenvalue weighted by Crippen LogP contribution is -2.18. The summed E-state index contributed by atoms with van der Waals surface area (Å²) in [6, 6.07) is 5.17. The minimum Gasteiger partial charge on any atom is -0.391 e. The van der Waals surface area contributed by atoms with Crippen LogP contribution in [-0.2, 0) is 4.79 Å². The zero-order chi connectivity index (χ0) is 12.8. The molecule has 0 aromatic heterocycles. The van der Waals surface area contributed by atoms with Crippen molar-refractivity contribution < 1.29 is 9.90 Å². The fourth-order valence-corrected chi connectivity index (χ4v) is 1.50. The summed E-state index contributed by atoms with van der Waals surface area (Å²) in [5, 5.41) is 15.7. The van der Waals surface area contributed by atoms with Gasteiger partial charge in [-0.1, -0.05) is 18.5 Å². The molecule has 0 aliphatic rings. The first-order valence-corrected chi connectivity index (χ1v) is 5.89. The van der Waals surface area contributed by atoms with E-state index in [1.165, 1.54) is 6.92 Å². The third kappa shape index (κ3) is 4.63. The second-order valence-corrected chi connectivity index (χ2v) is 4.23. The summed E-state index contributed by atoms with van der Waals surface area (Å²) >= 11 is 6.00. The first kappa shape index (κ1) is 13.8. The lowest BCUT2D eigenvalue weighted by atomic mass is 10.2. The second-order valence-electron chi connectivity index (χ2n) is 3.82. The van der Waals surface area contributed by atoms with Gasteiger partial charge in [-0.25, -0.2) is 0 Å². The Kier molecular flexibility index (Phi) is 5.25. The van der Waals surface area contributed by atoms with E-state index in [4.69, 9.17) is 11.6 Å². The predicted molar refractivity (Wildman–Crippen MR) is 70.5 cm³/mol. The molecule has 0 radical (unpaired) electrons. The lowest BCUT2D eigenvalue weighted by molar-refractivity contribution is -0.114. The number of aliphatic hydroxyl groups excluding tert-OH is 1. The number of rotatable bonds is 5. The quantitative estimate of drug-likeness (QED) is 0.759. The molecular weight excluding hydrogens is 240 g/mol. The Morgan fingerprint density at radius 3 is 2.82 bits per heavy atom. The molecule has 1 aromatic rings. The second kappa shape index (κ2) is 6.47. The van der Waals surface area contributed by atoms with Crippen LogP contribution in [0.3, 0.4) is 0 Å². The molecule has 1 rings (SSSR count). The standard InChI is InChI=1S/C12H17ClN2O2/c1-3-10(17)7-14-12-6-9(15-8(2)16)4-5-11(12)13/h4-6,10,14,17H,3,7H2,1-2H3,(H,15,16). The highest BCUT2D eigenvalue weighted by atomic mass is 35.5. The van der Waals surface area contributed by atoms with E-state index in [9.17, 15) is 9.90 Å². The molecule has 1 atom stereocenters. The molecular formula is C12H17ClN2O2. The van der Waals surface area contributed by atoms with Crippen LogP contribution in [0.2, 0.25) is 5.02 Å². The minimum atomic E-state index is -0.407. The number of halogens is 1. The third-order valence-corrected chi connectivity index (χ3v) is 2.62. The average molecular weight is 257 g/mol. The number of amides is 1. The summed E-state index contributed by atoms with van der Waals surface area (Å²) < 4.78 is 0. The number of anilines is 2. The minimum absolute atomic E-state index is 0.133. The van der Waals surface area contributed by atoms with E-state index in [0.29, 0.717) is 29.4 Å². The van der Waals surface area contributed by atoms with Crippen LogP contribution in [0, 0.1) is 0 Å². The van der Waals surface area contributed by atoms with Crippen LogP contribution in [0.5, 0.6) is 0 Å².